The topological polar surface area (TPSA) is 23.6 Å². The second-order valence-electron chi connectivity index (χ2n) is 5.93. The Morgan fingerprint density at radius 3 is 1.19 bits per heavy atom. The first-order valence-electron chi connectivity index (χ1n) is 6.23. The third-order valence-electron chi connectivity index (χ3n) is 2.63. The van der Waals surface area contributed by atoms with E-state index >= 15 is 0 Å². The van der Waals surface area contributed by atoms with E-state index in [4.69, 9.17) is 0 Å². The summed E-state index contributed by atoms with van der Waals surface area (Å²) in [6.45, 7) is 18.2. The van der Waals surface area contributed by atoms with E-state index in [0.29, 0.717) is 0 Å². The van der Waals surface area contributed by atoms with Gasteiger partial charge < -0.3 is 9.80 Å². The molecule has 3 nitrogen and oxygen atoms in total. The quantitative estimate of drug-likeness (QED) is 0.623. The normalized spacial score (nSPS) is 17.4. The summed E-state index contributed by atoms with van der Waals surface area (Å²) in [7, 11) is 0. The Labute approximate surface area is 101 Å². The van der Waals surface area contributed by atoms with Crippen LogP contribution in [0.5, 0.6) is 0 Å². The van der Waals surface area contributed by atoms with Crippen molar-refractivity contribution in [3.63, 3.8) is 0 Å². The molecule has 1 rings (SSSR count). The Morgan fingerprint density at radius 1 is 0.812 bits per heavy atom. The van der Waals surface area contributed by atoms with E-state index in [9.17, 15) is 4.79 Å². The maximum absolute atomic E-state index is 12.1. The highest BCUT2D eigenvalue weighted by molar-refractivity contribution is 5.78. The summed E-state index contributed by atoms with van der Waals surface area (Å²) in [5, 5.41) is 0. The largest absolute Gasteiger partial charge is 0.320 e. The van der Waals surface area contributed by atoms with Gasteiger partial charge in [0.2, 0.25) is 0 Å². The predicted octanol–water partition coefficient (Wildman–Crippen LogP) is 3.35. The van der Waals surface area contributed by atoms with Gasteiger partial charge in [0, 0.05) is 24.2 Å². The number of hydrogen-bond acceptors (Lipinski definition) is 1. The van der Waals surface area contributed by atoms with Gasteiger partial charge in [-0.3, -0.25) is 0 Å². The van der Waals surface area contributed by atoms with Gasteiger partial charge in [-0.15, -0.1) is 0 Å². The van der Waals surface area contributed by atoms with E-state index < -0.39 is 0 Å². The smallest absolute Gasteiger partial charge is 0.318 e. The molecule has 0 unspecified atom stereocenters. The number of nitrogens with zero attached hydrogens (tertiary/aromatic N) is 2. The molecule has 0 aliphatic carbocycles. The van der Waals surface area contributed by atoms with E-state index in [1.54, 1.807) is 0 Å². The lowest BCUT2D eigenvalue weighted by Crippen LogP contribution is -2.48. The predicted molar refractivity (Wildman–Crippen MR) is 69.7 cm³/mol. The van der Waals surface area contributed by atoms with E-state index in [1.807, 2.05) is 23.6 Å². The molecule has 1 aliphatic heterocycles. The van der Waals surface area contributed by atoms with Gasteiger partial charge in [-0.25, -0.2) is 4.79 Å². The Hall–Kier alpha value is -0.730. The average Bonchev–Trinajstić information content (AvgIpc) is 2.48. The van der Waals surface area contributed by atoms with Gasteiger partial charge in [0.05, 0.1) is 0 Å². The minimum absolute atomic E-state index is 0.0584. The van der Waals surface area contributed by atoms with Crippen LogP contribution in [0.3, 0.4) is 0 Å². The van der Waals surface area contributed by atoms with Crippen molar-refractivity contribution < 1.29 is 4.79 Å². The van der Waals surface area contributed by atoms with Crippen LogP contribution in [0, 0.1) is 0 Å². The first-order chi connectivity index (χ1) is 7.14. The number of urea groups is 1. The van der Waals surface area contributed by atoms with Crippen LogP contribution in [-0.2, 0) is 0 Å². The Bertz CT molecular complexity index is 211. The number of carbonyl (C=O) groups excluding carboxylic acids is 1. The lowest BCUT2D eigenvalue weighted by molar-refractivity contribution is 0.133. The minimum atomic E-state index is -0.0584. The number of hydrogen-bond donors (Lipinski definition) is 0. The van der Waals surface area contributed by atoms with Crippen LogP contribution in [0.1, 0.15) is 55.4 Å². The fourth-order valence-electron chi connectivity index (χ4n) is 1.78. The molecule has 0 N–H and O–H groups in total. The van der Waals surface area contributed by atoms with Crippen molar-refractivity contribution in [2.45, 2.75) is 66.5 Å². The maximum atomic E-state index is 12.1. The molecule has 0 atom stereocenters. The van der Waals surface area contributed by atoms with E-state index in [-0.39, 0.29) is 17.1 Å². The molecule has 3 heteroatoms. The van der Waals surface area contributed by atoms with Crippen molar-refractivity contribution in [3.8, 4) is 0 Å². The molecule has 1 fully saturated rings. The molecule has 0 spiro atoms. The second-order valence-corrected chi connectivity index (χ2v) is 5.93. The summed E-state index contributed by atoms with van der Waals surface area (Å²) < 4.78 is 0. The highest BCUT2D eigenvalue weighted by atomic mass is 16.2. The highest BCUT2D eigenvalue weighted by Crippen LogP contribution is 2.25. The van der Waals surface area contributed by atoms with Crippen LogP contribution in [-0.4, -0.2) is 40.0 Å². The lowest BCUT2D eigenvalue weighted by atomic mass is 10.1. The van der Waals surface area contributed by atoms with Crippen molar-refractivity contribution in [2.24, 2.45) is 0 Å². The summed E-state index contributed by atoms with van der Waals surface area (Å²) in [6, 6.07) is 0.171. The fraction of sp³-hybridized carbons (Fsp3) is 0.923. The van der Waals surface area contributed by atoms with Crippen LogP contribution in [0.2, 0.25) is 0 Å². The molecule has 0 radical (unpaired) electrons. The third-order valence-corrected chi connectivity index (χ3v) is 2.63. The molecule has 1 aliphatic rings. The molecular formula is C13H28N2O. The zero-order valence-corrected chi connectivity index (χ0v) is 12.2. The van der Waals surface area contributed by atoms with Crippen molar-refractivity contribution in [1.29, 1.82) is 0 Å². The minimum Gasteiger partial charge on any atom is -0.318 e. The summed E-state index contributed by atoms with van der Waals surface area (Å²) in [6.07, 6.45) is 0. The zero-order valence-electron chi connectivity index (χ0n) is 12.2. The molecule has 0 saturated carbocycles. The standard InChI is InChI=1S/C11H22N2O.C2H6/c1-10(2,3)12-7-8-13(9(12)14)11(4,5)6;1-2/h7-8H2,1-6H3;1-2H3. The van der Waals surface area contributed by atoms with Crippen LogP contribution in [0.15, 0.2) is 0 Å². The van der Waals surface area contributed by atoms with Gasteiger partial charge in [-0.05, 0) is 41.5 Å². The summed E-state index contributed by atoms with van der Waals surface area (Å²) in [5.41, 5.74) is -0.117. The lowest BCUT2D eigenvalue weighted by Gasteiger charge is -2.35. The number of carbonyl (C=O) groups is 1. The van der Waals surface area contributed by atoms with Crippen molar-refractivity contribution in [3.05, 3.63) is 0 Å². The molecule has 96 valence electrons. The first-order valence-corrected chi connectivity index (χ1v) is 6.23. The summed E-state index contributed by atoms with van der Waals surface area (Å²) >= 11 is 0. The van der Waals surface area contributed by atoms with Crippen molar-refractivity contribution in [2.75, 3.05) is 13.1 Å². The van der Waals surface area contributed by atoms with Gasteiger partial charge in [0.15, 0.2) is 0 Å². The molecule has 16 heavy (non-hydrogen) atoms. The molecule has 2 amide bonds. The molecular weight excluding hydrogens is 200 g/mol. The molecule has 0 aromatic rings. The maximum Gasteiger partial charge on any atom is 0.320 e. The van der Waals surface area contributed by atoms with Crippen molar-refractivity contribution >= 4 is 6.03 Å². The van der Waals surface area contributed by atoms with Crippen LogP contribution in [0.25, 0.3) is 0 Å². The monoisotopic (exact) mass is 228 g/mol. The van der Waals surface area contributed by atoms with E-state index in [2.05, 4.69) is 41.5 Å². The van der Waals surface area contributed by atoms with Gasteiger partial charge in [0.25, 0.3) is 0 Å². The Morgan fingerprint density at radius 2 is 1.06 bits per heavy atom. The average molecular weight is 228 g/mol. The highest BCUT2D eigenvalue weighted by Gasteiger charge is 2.40. The van der Waals surface area contributed by atoms with Crippen LogP contribution >= 0.6 is 0 Å². The molecule has 0 aromatic heterocycles. The first kappa shape index (κ1) is 15.3. The zero-order chi connectivity index (χ0) is 13.1. The van der Waals surface area contributed by atoms with Crippen LogP contribution < -0.4 is 0 Å². The third kappa shape index (κ3) is 3.39. The Kier molecular flexibility index (Phi) is 4.84. The fourth-order valence-corrected chi connectivity index (χ4v) is 1.78. The number of amides is 2. The van der Waals surface area contributed by atoms with Crippen LogP contribution in [0.4, 0.5) is 4.79 Å². The SMILES string of the molecule is CC.CC(C)(C)N1CCN(C(C)(C)C)C1=O. The van der Waals surface area contributed by atoms with Gasteiger partial charge in [0.1, 0.15) is 0 Å². The van der Waals surface area contributed by atoms with Crippen molar-refractivity contribution in [1.82, 2.24) is 9.80 Å². The van der Waals surface area contributed by atoms with Gasteiger partial charge in [-0.2, -0.15) is 0 Å². The second kappa shape index (κ2) is 5.07. The molecule has 0 aromatic carbocycles. The van der Waals surface area contributed by atoms with Gasteiger partial charge in [-0.1, -0.05) is 13.8 Å². The Balaban J connectivity index is 0.00000106. The molecule has 1 saturated heterocycles. The number of rotatable bonds is 0. The summed E-state index contributed by atoms with van der Waals surface area (Å²) in [4.78, 5) is 15.9. The van der Waals surface area contributed by atoms with Gasteiger partial charge >= 0.3 is 6.03 Å². The molecule has 1 heterocycles. The van der Waals surface area contributed by atoms with E-state index in [1.165, 1.54) is 0 Å². The molecule has 0 bridgehead atoms. The van der Waals surface area contributed by atoms with E-state index in [0.717, 1.165) is 13.1 Å². The summed E-state index contributed by atoms with van der Waals surface area (Å²) in [5.74, 6) is 0.